The van der Waals surface area contributed by atoms with E-state index in [2.05, 4.69) is 11.8 Å². The van der Waals surface area contributed by atoms with Crippen molar-refractivity contribution in [3.8, 4) is 0 Å². The highest BCUT2D eigenvalue weighted by atomic mass is 16.1. The van der Waals surface area contributed by atoms with Crippen LogP contribution in [0.5, 0.6) is 0 Å². The molecule has 64 valence electrons. The fourth-order valence-corrected chi connectivity index (χ4v) is 1.65. The highest BCUT2D eigenvalue weighted by molar-refractivity contribution is 5.84. The summed E-state index contributed by atoms with van der Waals surface area (Å²) in [5, 5.41) is 0. The van der Waals surface area contributed by atoms with Gasteiger partial charge in [0.25, 0.3) is 0 Å². The fourth-order valence-electron chi connectivity index (χ4n) is 1.65. The van der Waals surface area contributed by atoms with Crippen molar-refractivity contribution < 1.29 is 4.79 Å². The molecule has 1 aliphatic rings. The van der Waals surface area contributed by atoms with Gasteiger partial charge in [0.15, 0.2) is 0 Å². The number of Topliss-reactive ketones (excluding diaryl/α,β-unsaturated/α-hetero) is 1. The SMILES string of the molecule is CCN(C)C1CCCCC1=O. The Labute approximate surface area is 68.6 Å². The first-order valence-electron chi connectivity index (χ1n) is 4.48. The molecule has 1 fully saturated rings. The molecule has 0 aromatic heterocycles. The molecule has 1 atom stereocenters. The molecule has 2 nitrogen and oxygen atoms in total. The van der Waals surface area contributed by atoms with Crippen LogP contribution >= 0.6 is 0 Å². The molecular weight excluding hydrogens is 138 g/mol. The van der Waals surface area contributed by atoms with Crippen molar-refractivity contribution in [2.24, 2.45) is 0 Å². The molecule has 0 radical (unpaired) electrons. The lowest BCUT2D eigenvalue weighted by Gasteiger charge is -2.28. The van der Waals surface area contributed by atoms with E-state index >= 15 is 0 Å². The van der Waals surface area contributed by atoms with Gasteiger partial charge in [-0.05, 0) is 26.4 Å². The Kier molecular flexibility index (Phi) is 3.06. The summed E-state index contributed by atoms with van der Waals surface area (Å²) in [6.07, 6.45) is 4.20. The molecule has 0 amide bonds. The summed E-state index contributed by atoms with van der Waals surface area (Å²) in [5.41, 5.74) is 0. The van der Waals surface area contributed by atoms with Crippen molar-refractivity contribution in [3.05, 3.63) is 0 Å². The molecule has 0 N–H and O–H groups in total. The highest BCUT2D eigenvalue weighted by Gasteiger charge is 2.24. The summed E-state index contributed by atoms with van der Waals surface area (Å²) in [7, 11) is 2.04. The number of hydrogen-bond acceptors (Lipinski definition) is 2. The Bertz CT molecular complexity index is 144. The van der Waals surface area contributed by atoms with Crippen LogP contribution < -0.4 is 0 Å². The van der Waals surface area contributed by atoms with Crippen LogP contribution in [0.2, 0.25) is 0 Å². The molecule has 1 unspecified atom stereocenters. The minimum absolute atomic E-state index is 0.230. The van der Waals surface area contributed by atoms with E-state index in [-0.39, 0.29) is 6.04 Å². The molecule has 0 heterocycles. The van der Waals surface area contributed by atoms with Crippen LogP contribution in [-0.2, 0) is 4.79 Å². The van der Waals surface area contributed by atoms with Crippen molar-refractivity contribution in [2.45, 2.75) is 38.6 Å². The molecule has 1 aliphatic carbocycles. The Hall–Kier alpha value is -0.370. The smallest absolute Gasteiger partial charge is 0.149 e. The van der Waals surface area contributed by atoms with E-state index < -0.39 is 0 Å². The zero-order chi connectivity index (χ0) is 8.27. The summed E-state index contributed by atoms with van der Waals surface area (Å²) in [4.78, 5) is 13.5. The molecule has 1 saturated carbocycles. The number of ketones is 1. The monoisotopic (exact) mass is 155 g/mol. The first-order valence-corrected chi connectivity index (χ1v) is 4.48. The van der Waals surface area contributed by atoms with E-state index in [9.17, 15) is 4.79 Å². The number of nitrogens with zero attached hydrogens (tertiary/aromatic N) is 1. The highest BCUT2D eigenvalue weighted by Crippen LogP contribution is 2.18. The molecule has 0 aromatic rings. The fraction of sp³-hybridized carbons (Fsp3) is 0.889. The predicted molar refractivity (Wildman–Crippen MR) is 45.6 cm³/mol. The Balaban J connectivity index is 2.47. The van der Waals surface area contributed by atoms with Crippen molar-refractivity contribution in [1.82, 2.24) is 4.90 Å². The average molecular weight is 155 g/mol. The molecular formula is C9H17NO. The second-order valence-corrected chi connectivity index (χ2v) is 3.30. The molecule has 2 heteroatoms. The van der Waals surface area contributed by atoms with Gasteiger partial charge in [-0.1, -0.05) is 13.3 Å². The molecule has 0 aliphatic heterocycles. The first kappa shape index (κ1) is 8.72. The van der Waals surface area contributed by atoms with Gasteiger partial charge in [0.2, 0.25) is 0 Å². The van der Waals surface area contributed by atoms with Gasteiger partial charge >= 0.3 is 0 Å². The standard InChI is InChI=1S/C9H17NO/c1-3-10(2)8-6-4-5-7-9(8)11/h8H,3-7H2,1-2H3. The summed E-state index contributed by atoms with van der Waals surface area (Å²) in [6, 6.07) is 0.230. The number of carbonyl (C=O) groups excluding carboxylic acids is 1. The predicted octanol–water partition coefficient (Wildman–Crippen LogP) is 1.45. The topological polar surface area (TPSA) is 20.3 Å². The van der Waals surface area contributed by atoms with Crippen LogP contribution in [0.1, 0.15) is 32.6 Å². The molecule has 0 aromatic carbocycles. The number of rotatable bonds is 2. The van der Waals surface area contributed by atoms with Gasteiger partial charge in [-0.25, -0.2) is 0 Å². The largest absolute Gasteiger partial charge is 0.298 e. The minimum atomic E-state index is 0.230. The lowest BCUT2D eigenvalue weighted by Crippen LogP contribution is -2.40. The second-order valence-electron chi connectivity index (χ2n) is 3.30. The van der Waals surface area contributed by atoms with Gasteiger partial charge in [-0.3, -0.25) is 9.69 Å². The molecule has 0 bridgehead atoms. The Morgan fingerprint density at radius 2 is 2.27 bits per heavy atom. The Morgan fingerprint density at radius 3 is 2.82 bits per heavy atom. The van der Waals surface area contributed by atoms with Gasteiger partial charge in [-0.15, -0.1) is 0 Å². The number of hydrogen-bond donors (Lipinski definition) is 0. The van der Waals surface area contributed by atoms with Crippen molar-refractivity contribution in [1.29, 1.82) is 0 Å². The maximum atomic E-state index is 11.4. The second kappa shape index (κ2) is 3.86. The lowest BCUT2D eigenvalue weighted by molar-refractivity contribution is -0.125. The van der Waals surface area contributed by atoms with Gasteiger partial charge in [0.05, 0.1) is 6.04 Å². The van der Waals surface area contributed by atoms with Gasteiger partial charge in [0.1, 0.15) is 5.78 Å². The van der Waals surface area contributed by atoms with Crippen LogP contribution in [0.3, 0.4) is 0 Å². The average Bonchev–Trinajstić information content (AvgIpc) is 2.04. The molecule has 0 saturated heterocycles. The maximum Gasteiger partial charge on any atom is 0.149 e. The van der Waals surface area contributed by atoms with E-state index in [1.807, 2.05) is 7.05 Å². The van der Waals surface area contributed by atoms with E-state index in [1.165, 1.54) is 6.42 Å². The Morgan fingerprint density at radius 1 is 1.55 bits per heavy atom. The normalized spacial score (nSPS) is 26.1. The van der Waals surface area contributed by atoms with Crippen LogP contribution in [0.25, 0.3) is 0 Å². The quantitative estimate of drug-likeness (QED) is 0.601. The van der Waals surface area contributed by atoms with Gasteiger partial charge in [-0.2, -0.15) is 0 Å². The number of carbonyl (C=O) groups is 1. The van der Waals surface area contributed by atoms with Crippen molar-refractivity contribution >= 4 is 5.78 Å². The van der Waals surface area contributed by atoms with Crippen LogP contribution in [0, 0.1) is 0 Å². The summed E-state index contributed by atoms with van der Waals surface area (Å²) in [5.74, 6) is 0.445. The summed E-state index contributed by atoms with van der Waals surface area (Å²) in [6.45, 7) is 3.08. The van der Waals surface area contributed by atoms with Crippen LogP contribution in [-0.4, -0.2) is 30.3 Å². The van der Waals surface area contributed by atoms with E-state index in [0.717, 1.165) is 25.8 Å². The van der Waals surface area contributed by atoms with Gasteiger partial charge < -0.3 is 0 Å². The molecule has 11 heavy (non-hydrogen) atoms. The molecule has 1 rings (SSSR count). The summed E-state index contributed by atoms with van der Waals surface area (Å²) < 4.78 is 0. The molecule has 0 spiro atoms. The van der Waals surface area contributed by atoms with E-state index in [1.54, 1.807) is 0 Å². The van der Waals surface area contributed by atoms with Gasteiger partial charge in [0, 0.05) is 6.42 Å². The van der Waals surface area contributed by atoms with Crippen LogP contribution in [0.15, 0.2) is 0 Å². The summed E-state index contributed by atoms with van der Waals surface area (Å²) >= 11 is 0. The maximum absolute atomic E-state index is 11.4. The van der Waals surface area contributed by atoms with Crippen molar-refractivity contribution in [2.75, 3.05) is 13.6 Å². The van der Waals surface area contributed by atoms with E-state index in [4.69, 9.17) is 0 Å². The minimum Gasteiger partial charge on any atom is -0.298 e. The zero-order valence-electron chi connectivity index (χ0n) is 7.47. The van der Waals surface area contributed by atoms with E-state index in [0.29, 0.717) is 5.78 Å². The third-order valence-electron chi connectivity index (χ3n) is 2.55. The number of likely N-dealkylation sites (N-methyl/N-ethyl adjacent to an activating group) is 1. The lowest BCUT2D eigenvalue weighted by atomic mass is 9.93. The third kappa shape index (κ3) is 2.03. The van der Waals surface area contributed by atoms with Crippen molar-refractivity contribution in [3.63, 3.8) is 0 Å². The third-order valence-corrected chi connectivity index (χ3v) is 2.55. The van der Waals surface area contributed by atoms with Crippen LogP contribution in [0.4, 0.5) is 0 Å². The zero-order valence-corrected chi connectivity index (χ0v) is 7.47. The first-order chi connectivity index (χ1) is 5.25.